The van der Waals surface area contributed by atoms with E-state index >= 15 is 0 Å². The number of aromatic hydroxyl groups is 1. The Morgan fingerprint density at radius 2 is 1.35 bits per heavy atom. The molecule has 31 heteroatoms. The molecule has 30 nitrogen and oxygen atoms in total. The lowest BCUT2D eigenvalue weighted by Crippen LogP contribution is -2.64. The van der Waals surface area contributed by atoms with Crippen molar-refractivity contribution >= 4 is 59.4 Å². The number of phenols is 1. The molecule has 512 valence electrons. The molecular formula is C62H88N10O20S. The van der Waals surface area contributed by atoms with Gasteiger partial charge in [0.05, 0.1) is 55.9 Å². The number of nitrogens with one attached hydrogen (secondary N) is 6. The number of carbonyl (C=O) groups excluding carboxylic acids is 7. The van der Waals surface area contributed by atoms with E-state index in [9.17, 15) is 79.5 Å². The van der Waals surface area contributed by atoms with Gasteiger partial charge in [-0.2, -0.15) is 0 Å². The standard InChI is InChI=1S/C62H88N10O20S/c1-33-4-13-41(14-5-33)69-20-22-70(23-21-69)42-15-11-38(12-16-42)37-7-9-39(10-8-37)56(82)65-45-26-43(76)28-64-60(86)54-55(81)34(2)29-72(54)62(88)53(48(79)18-19-63-40(31-73)32-74)68-59(85)52(49(80)24-36-6-17-47(78)50(25-36)90-93-92-91-89)67-58(84)46-27-44(77)30-71(46)61(87)51(35(3)75)66-57(45)83/h6-12,15-17,25,33-35,40-41,43-46,48-49,51-55,63,73-81,89H,4-5,13-14,18-24,26-32H2,1-3H3,(H,64,86)(H,65,82)(H,66,83)(H,67,84)(H,68,85)/t33?,34-,35+,41?,43+,44+,45-,46-,48+,49+,51-,52-,53-,54-,55-/m0/s1. The van der Waals surface area contributed by atoms with E-state index in [0.29, 0.717) is 6.04 Å². The molecule has 4 aliphatic heterocycles. The number of rotatable bonds is 20. The second kappa shape index (κ2) is 33.5. The lowest BCUT2D eigenvalue weighted by Gasteiger charge is -2.42. The van der Waals surface area contributed by atoms with E-state index in [4.69, 9.17) is 9.44 Å². The Kier molecular flexibility index (Phi) is 26.0. The quantitative estimate of drug-likeness (QED) is 0.0239. The minimum Gasteiger partial charge on any atom is -0.504 e. The maximum atomic E-state index is 15.0. The molecule has 5 fully saturated rings. The van der Waals surface area contributed by atoms with Gasteiger partial charge >= 0.3 is 0 Å². The number of aliphatic hydroxyl groups is 8. The zero-order valence-electron chi connectivity index (χ0n) is 52.1. The van der Waals surface area contributed by atoms with Crippen molar-refractivity contribution in [1.82, 2.24) is 46.6 Å². The number of hydrogen-bond donors (Lipinski definition) is 16. The highest BCUT2D eigenvalue weighted by Crippen LogP contribution is 2.33. The number of anilines is 1. The van der Waals surface area contributed by atoms with E-state index in [1.165, 1.54) is 56.9 Å². The van der Waals surface area contributed by atoms with Gasteiger partial charge in [-0.1, -0.05) is 53.6 Å². The molecule has 0 unspecified atom stereocenters. The van der Waals surface area contributed by atoms with Gasteiger partial charge in [0, 0.05) is 88.3 Å². The third kappa shape index (κ3) is 18.6. The van der Waals surface area contributed by atoms with E-state index < -0.39 is 184 Å². The first-order valence-corrected chi connectivity index (χ1v) is 32.1. The van der Waals surface area contributed by atoms with Gasteiger partial charge in [-0.3, -0.25) is 38.5 Å². The highest BCUT2D eigenvalue weighted by Gasteiger charge is 2.50. The molecule has 3 aromatic carbocycles. The van der Waals surface area contributed by atoms with E-state index in [-0.39, 0.29) is 42.3 Å². The molecule has 3 aromatic rings. The van der Waals surface area contributed by atoms with E-state index in [1.807, 2.05) is 12.1 Å². The van der Waals surface area contributed by atoms with Crippen LogP contribution in [0.2, 0.25) is 0 Å². The molecule has 8 rings (SSSR count). The molecule has 7 amide bonds. The van der Waals surface area contributed by atoms with E-state index in [2.05, 4.69) is 70.1 Å². The number of carbonyl (C=O) groups is 7. The minimum atomic E-state index is -2.15. The summed E-state index contributed by atoms with van der Waals surface area (Å²) in [7, 11) is 0. The van der Waals surface area contributed by atoms with Crippen molar-refractivity contribution in [3.05, 3.63) is 77.9 Å². The van der Waals surface area contributed by atoms with Crippen LogP contribution in [-0.4, -0.2) is 258 Å². The molecule has 0 radical (unpaired) electrons. The maximum absolute atomic E-state index is 15.0. The topological polar surface area (TPSA) is 435 Å². The van der Waals surface area contributed by atoms with Crippen LogP contribution in [0.4, 0.5) is 5.69 Å². The van der Waals surface area contributed by atoms with Crippen molar-refractivity contribution in [3.63, 3.8) is 0 Å². The summed E-state index contributed by atoms with van der Waals surface area (Å²) >= 11 is 0.0723. The second-order valence-electron chi connectivity index (χ2n) is 25.0. The van der Waals surface area contributed by atoms with Crippen molar-refractivity contribution in [2.75, 3.05) is 70.5 Å². The predicted octanol–water partition coefficient (Wildman–Crippen LogP) is -2.60. The molecule has 1 aliphatic carbocycles. The molecule has 4 heterocycles. The van der Waals surface area contributed by atoms with Gasteiger partial charge in [-0.15, -0.1) is 0 Å². The molecule has 13 atom stereocenters. The number of aliphatic hydroxyl groups excluding tert-OH is 8. The summed E-state index contributed by atoms with van der Waals surface area (Å²) in [6.45, 7) is 5.93. The molecule has 4 saturated heterocycles. The minimum absolute atomic E-state index is 0.0723. The summed E-state index contributed by atoms with van der Waals surface area (Å²) in [5, 5.41) is 126. The van der Waals surface area contributed by atoms with Gasteiger partial charge in [0.1, 0.15) is 36.3 Å². The summed E-state index contributed by atoms with van der Waals surface area (Å²) in [5.74, 6) is -8.66. The van der Waals surface area contributed by atoms with Crippen LogP contribution < -0.4 is 41.0 Å². The fourth-order valence-corrected chi connectivity index (χ4v) is 13.0. The number of nitrogens with zero attached hydrogens (tertiary/aromatic N) is 4. The summed E-state index contributed by atoms with van der Waals surface area (Å²) < 4.78 is 9.37. The zero-order chi connectivity index (χ0) is 67.2. The fourth-order valence-electron chi connectivity index (χ4n) is 12.8. The first kappa shape index (κ1) is 72.0. The van der Waals surface area contributed by atoms with Gasteiger partial charge in [0.15, 0.2) is 11.5 Å². The van der Waals surface area contributed by atoms with Crippen LogP contribution in [0.15, 0.2) is 66.7 Å². The number of amides is 7. The molecule has 5 aliphatic rings. The van der Waals surface area contributed by atoms with Crippen LogP contribution >= 0.6 is 12.3 Å². The van der Waals surface area contributed by atoms with Crippen molar-refractivity contribution in [2.45, 2.75) is 157 Å². The third-order valence-electron chi connectivity index (χ3n) is 18.2. The first-order chi connectivity index (χ1) is 44.5. The molecule has 1 saturated carbocycles. The Hall–Kier alpha value is -6.82. The molecule has 0 bridgehead atoms. The Morgan fingerprint density at radius 3 is 2.00 bits per heavy atom. The van der Waals surface area contributed by atoms with Gasteiger partial charge in [0.2, 0.25) is 35.4 Å². The van der Waals surface area contributed by atoms with Crippen molar-refractivity contribution in [2.24, 2.45) is 11.8 Å². The Morgan fingerprint density at radius 1 is 0.720 bits per heavy atom. The van der Waals surface area contributed by atoms with Crippen LogP contribution in [0.1, 0.15) is 81.6 Å². The highest BCUT2D eigenvalue weighted by molar-refractivity contribution is 7.90. The lowest BCUT2D eigenvalue weighted by molar-refractivity contribution is -0.433. The number of β-amino-alcohol motifs (C(OH)–C–C–N with tert-alkyl or cyclic N) is 1. The summed E-state index contributed by atoms with van der Waals surface area (Å²) in [5.41, 5.74) is 2.93. The predicted molar refractivity (Wildman–Crippen MR) is 334 cm³/mol. The summed E-state index contributed by atoms with van der Waals surface area (Å²) in [6.07, 6.45) is -7.48. The normalized spacial score (nSPS) is 28.5. The smallest absolute Gasteiger partial charge is 0.261 e. The molecule has 0 spiro atoms. The van der Waals surface area contributed by atoms with Gasteiger partial charge in [0.25, 0.3) is 18.2 Å². The fraction of sp³-hybridized carbons (Fsp3) is 0.597. The highest BCUT2D eigenvalue weighted by atomic mass is 32.2. The van der Waals surface area contributed by atoms with Crippen molar-refractivity contribution < 1.29 is 98.3 Å². The van der Waals surface area contributed by atoms with Crippen molar-refractivity contribution in [1.29, 1.82) is 0 Å². The van der Waals surface area contributed by atoms with Crippen LogP contribution in [0.5, 0.6) is 11.5 Å². The number of phenolic OH excluding ortho intramolecular Hbond substituents is 1. The van der Waals surface area contributed by atoms with Crippen LogP contribution in [0, 0.1) is 11.8 Å². The zero-order valence-corrected chi connectivity index (χ0v) is 52.9. The van der Waals surface area contributed by atoms with E-state index in [1.54, 1.807) is 12.1 Å². The van der Waals surface area contributed by atoms with Crippen LogP contribution in [-0.2, 0) is 44.6 Å². The first-order valence-electron chi connectivity index (χ1n) is 31.5. The number of fused-ring (bicyclic) bond motifs is 2. The number of benzene rings is 3. The number of hydrogen-bond acceptors (Lipinski definition) is 24. The average molecular weight is 1330 g/mol. The summed E-state index contributed by atoms with van der Waals surface area (Å²) in [4.78, 5) is 109. The van der Waals surface area contributed by atoms with Gasteiger partial charge < -0.3 is 96.7 Å². The van der Waals surface area contributed by atoms with E-state index in [0.717, 1.165) is 71.7 Å². The largest absolute Gasteiger partial charge is 0.504 e. The average Bonchev–Trinajstić information content (AvgIpc) is 1.73. The Labute approximate surface area is 542 Å². The van der Waals surface area contributed by atoms with Gasteiger partial charge in [-0.25, -0.2) is 5.26 Å². The van der Waals surface area contributed by atoms with Gasteiger partial charge in [-0.05, 0) is 105 Å². The second-order valence-corrected chi connectivity index (χ2v) is 25.4. The molecule has 93 heavy (non-hydrogen) atoms. The summed E-state index contributed by atoms with van der Waals surface area (Å²) in [6, 6.07) is 6.63. The van der Waals surface area contributed by atoms with Crippen molar-refractivity contribution in [3.8, 4) is 22.6 Å². The Balaban J connectivity index is 1.07. The SMILES string of the molecule is CC1CCC(N2CCN(c3ccc(-c4ccc(C(=O)N[C@H]5C[C@@H](O)CNC(=O)[C@@H]6[C@@H](O)[C@@H](C)CN6C(=O)[C@H]([C@H](O)CCNC(CO)CO)NC(=O)[C@H]([C@H](O)Cc6ccc(O)c(OSOOO)c6)NC(=O)[C@@H]6C[C@@H](O)CN6C(=O)[C@H]([C@@H](C)O)NC5=O)cc4)cc3)CC2)CC1. The van der Waals surface area contributed by atoms with Crippen LogP contribution in [0.25, 0.3) is 11.1 Å². The molecule has 0 aromatic heterocycles. The monoisotopic (exact) mass is 1320 g/mol. The Bertz CT molecular complexity index is 3010. The lowest BCUT2D eigenvalue weighted by atomic mass is 9.86. The maximum Gasteiger partial charge on any atom is 0.261 e. The third-order valence-corrected chi connectivity index (χ3v) is 18.6. The molecule has 16 N–H and O–H groups in total. The number of piperazine rings is 1. The van der Waals surface area contributed by atoms with Crippen LogP contribution in [0.3, 0.4) is 0 Å². The molecular weight excluding hydrogens is 1240 g/mol.